The molecule has 0 aromatic carbocycles. The van der Waals surface area contributed by atoms with Gasteiger partial charge >= 0.3 is 0 Å². The van der Waals surface area contributed by atoms with Gasteiger partial charge in [-0.15, -0.1) is 0 Å². The zero-order chi connectivity index (χ0) is 6.85. The topological polar surface area (TPSA) is 0 Å². The van der Waals surface area contributed by atoms with Gasteiger partial charge in [0.25, 0.3) is 0 Å². The van der Waals surface area contributed by atoms with Crippen LogP contribution in [0.4, 0.5) is 0 Å². The molecule has 0 spiro atoms. The van der Waals surface area contributed by atoms with Crippen LogP contribution in [0.2, 0.25) is 0 Å². The fourth-order valence-electron chi connectivity index (χ4n) is 0.636. The highest BCUT2D eigenvalue weighted by Crippen LogP contribution is 2.28. The zero-order valence-corrected chi connectivity index (χ0v) is 6.34. The summed E-state index contributed by atoms with van der Waals surface area (Å²) in [7, 11) is 0. The van der Waals surface area contributed by atoms with Crippen LogP contribution in [0.15, 0.2) is 34.4 Å². The van der Waals surface area contributed by atoms with E-state index in [1.807, 2.05) is 6.08 Å². The van der Waals surface area contributed by atoms with Gasteiger partial charge in [-0.25, -0.2) is 0 Å². The molecule has 1 aliphatic carbocycles. The summed E-state index contributed by atoms with van der Waals surface area (Å²) in [5, 5.41) is 1.19. The van der Waals surface area contributed by atoms with Crippen molar-refractivity contribution in [2.45, 2.75) is 6.42 Å². The van der Waals surface area contributed by atoms with Crippen LogP contribution in [-0.2, 0) is 0 Å². The van der Waals surface area contributed by atoms with E-state index >= 15 is 0 Å². The highest BCUT2D eigenvalue weighted by molar-refractivity contribution is 6.41. The van der Waals surface area contributed by atoms with Gasteiger partial charge < -0.3 is 0 Å². The molecule has 2 heteroatoms. The normalized spacial score (nSPS) is 19.1. The molecule has 0 radical (unpaired) electrons. The first-order chi connectivity index (χ1) is 4.22. The van der Waals surface area contributed by atoms with Crippen molar-refractivity contribution < 1.29 is 0 Å². The van der Waals surface area contributed by atoms with E-state index in [0.717, 1.165) is 12.0 Å². The maximum atomic E-state index is 5.71. The van der Waals surface area contributed by atoms with Gasteiger partial charge in [0.05, 0.1) is 10.1 Å². The fourth-order valence-corrected chi connectivity index (χ4v) is 0.999. The molecule has 1 aliphatic rings. The van der Waals surface area contributed by atoms with Crippen LogP contribution in [0, 0.1) is 0 Å². The van der Waals surface area contributed by atoms with Crippen LogP contribution >= 0.6 is 23.2 Å². The molecular formula is C7H6Cl2. The number of halogens is 2. The van der Waals surface area contributed by atoms with Gasteiger partial charge in [-0.1, -0.05) is 35.9 Å². The van der Waals surface area contributed by atoms with E-state index in [4.69, 9.17) is 23.2 Å². The third-order valence-electron chi connectivity index (χ3n) is 1.15. The number of hydrogen-bond acceptors (Lipinski definition) is 0. The Morgan fingerprint density at radius 2 is 2.11 bits per heavy atom. The zero-order valence-electron chi connectivity index (χ0n) is 4.82. The second-order valence-corrected chi connectivity index (χ2v) is 2.66. The quantitative estimate of drug-likeness (QED) is 0.511. The van der Waals surface area contributed by atoms with Gasteiger partial charge in [0, 0.05) is 0 Å². The van der Waals surface area contributed by atoms with Crippen LogP contribution in [0.25, 0.3) is 0 Å². The van der Waals surface area contributed by atoms with Gasteiger partial charge in [0.2, 0.25) is 0 Å². The lowest BCUT2D eigenvalue weighted by Gasteiger charge is -2.06. The molecule has 48 valence electrons. The lowest BCUT2D eigenvalue weighted by Crippen LogP contribution is -1.86. The molecule has 0 atom stereocenters. The maximum Gasteiger partial charge on any atom is 0.0621 e. The van der Waals surface area contributed by atoms with E-state index < -0.39 is 0 Å². The van der Waals surface area contributed by atoms with Crippen LogP contribution in [0.5, 0.6) is 0 Å². The van der Waals surface area contributed by atoms with Gasteiger partial charge in [-0.3, -0.25) is 0 Å². The van der Waals surface area contributed by atoms with E-state index in [1.165, 1.54) is 0 Å². The molecule has 0 aromatic heterocycles. The first-order valence-electron chi connectivity index (χ1n) is 2.62. The minimum Gasteiger partial charge on any atom is -0.0940 e. The maximum absolute atomic E-state index is 5.71. The standard InChI is InChI=1S/C7H6Cl2/c1-5-3-2-4-6(8)7(5)9/h2,4H,1,3H2. The van der Waals surface area contributed by atoms with Crippen LogP contribution < -0.4 is 0 Å². The van der Waals surface area contributed by atoms with Crippen molar-refractivity contribution >= 4 is 23.2 Å². The van der Waals surface area contributed by atoms with E-state index in [9.17, 15) is 0 Å². The highest BCUT2D eigenvalue weighted by Gasteiger charge is 2.05. The molecule has 0 bridgehead atoms. The third-order valence-corrected chi connectivity index (χ3v) is 2.03. The summed E-state index contributed by atoms with van der Waals surface area (Å²) in [4.78, 5) is 0. The Hall–Kier alpha value is -0.200. The second-order valence-electron chi connectivity index (χ2n) is 1.87. The lowest BCUT2D eigenvalue weighted by molar-refractivity contribution is 1.25. The lowest BCUT2D eigenvalue weighted by atomic mass is 10.1. The van der Waals surface area contributed by atoms with Crippen molar-refractivity contribution in [1.82, 2.24) is 0 Å². The smallest absolute Gasteiger partial charge is 0.0621 e. The molecule has 0 heterocycles. The molecule has 9 heavy (non-hydrogen) atoms. The van der Waals surface area contributed by atoms with Gasteiger partial charge in [0.1, 0.15) is 0 Å². The molecule has 0 N–H and O–H groups in total. The summed E-state index contributed by atoms with van der Waals surface area (Å²) in [6.07, 6.45) is 4.55. The fraction of sp³-hybridized carbons (Fsp3) is 0.143. The molecule has 0 fully saturated rings. The van der Waals surface area contributed by atoms with Crippen molar-refractivity contribution in [3.63, 3.8) is 0 Å². The summed E-state index contributed by atoms with van der Waals surface area (Å²) < 4.78 is 0. The molecule has 0 aromatic rings. The Balaban J connectivity index is 2.97. The minimum absolute atomic E-state index is 0.591. The first-order valence-corrected chi connectivity index (χ1v) is 3.37. The number of rotatable bonds is 0. The molecule has 0 nitrogen and oxygen atoms in total. The molecule has 0 saturated heterocycles. The number of allylic oxidation sites excluding steroid dienone is 5. The van der Waals surface area contributed by atoms with E-state index in [0.29, 0.717) is 10.1 Å². The highest BCUT2D eigenvalue weighted by atomic mass is 35.5. The summed E-state index contributed by atoms with van der Waals surface area (Å²) in [5.41, 5.74) is 0.893. The average Bonchev–Trinajstić information content (AvgIpc) is 1.83. The van der Waals surface area contributed by atoms with Crippen LogP contribution in [0.3, 0.4) is 0 Å². The second kappa shape index (κ2) is 2.59. The molecular weight excluding hydrogens is 155 g/mol. The Morgan fingerprint density at radius 1 is 1.44 bits per heavy atom. The van der Waals surface area contributed by atoms with Crippen molar-refractivity contribution in [1.29, 1.82) is 0 Å². The largest absolute Gasteiger partial charge is 0.0940 e. The molecule has 1 rings (SSSR count). The first kappa shape index (κ1) is 6.91. The summed E-state index contributed by atoms with van der Waals surface area (Å²) in [6.45, 7) is 3.72. The predicted octanol–water partition coefficient (Wildman–Crippen LogP) is 3.19. The summed E-state index contributed by atoms with van der Waals surface area (Å²) in [5.74, 6) is 0. The summed E-state index contributed by atoms with van der Waals surface area (Å²) in [6, 6.07) is 0. The molecule has 0 amide bonds. The Morgan fingerprint density at radius 3 is 2.56 bits per heavy atom. The predicted molar refractivity (Wildman–Crippen MR) is 41.6 cm³/mol. The minimum atomic E-state index is 0.591. The van der Waals surface area contributed by atoms with E-state index in [-0.39, 0.29) is 0 Å². The monoisotopic (exact) mass is 160 g/mol. The van der Waals surface area contributed by atoms with Gasteiger partial charge in [0.15, 0.2) is 0 Å². The Bertz CT molecular complexity index is 199. The van der Waals surface area contributed by atoms with Crippen LogP contribution in [-0.4, -0.2) is 0 Å². The molecule has 0 unspecified atom stereocenters. The van der Waals surface area contributed by atoms with E-state index in [2.05, 4.69) is 6.58 Å². The van der Waals surface area contributed by atoms with Gasteiger partial charge in [-0.2, -0.15) is 0 Å². The van der Waals surface area contributed by atoms with Crippen molar-refractivity contribution in [3.8, 4) is 0 Å². The van der Waals surface area contributed by atoms with E-state index in [1.54, 1.807) is 6.08 Å². The molecule has 0 saturated carbocycles. The van der Waals surface area contributed by atoms with Crippen molar-refractivity contribution in [3.05, 3.63) is 34.4 Å². The Kier molecular flexibility index (Phi) is 1.99. The summed E-state index contributed by atoms with van der Waals surface area (Å²) >= 11 is 11.4. The van der Waals surface area contributed by atoms with Crippen molar-refractivity contribution in [2.24, 2.45) is 0 Å². The average molecular weight is 161 g/mol. The van der Waals surface area contributed by atoms with Crippen molar-refractivity contribution in [2.75, 3.05) is 0 Å². The third kappa shape index (κ3) is 1.38. The number of hydrogen-bond donors (Lipinski definition) is 0. The molecule has 0 aliphatic heterocycles. The Labute approximate surface area is 64.5 Å². The van der Waals surface area contributed by atoms with Gasteiger partial charge in [-0.05, 0) is 18.1 Å². The van der Waals surface area contributed by atoms with Crippen LogP contribution in [0.1, 0.15) is 6.42 Å². The SMILES string of the molecule is C=C1CC=CC(Cl)=C1Cl.